The first-order valence-electron chi connectivity index (χ1n) is 5.95. The number of hydrogen-bond acceptors (Lipinski definition) is 3. The Bertz CT molecular complexity index is 758. The van der Waals surface area contributed by atoms with Gasteiger partial charge in [0.1, 0.15) is 0 Å². The fourth-order valence-corrected chi connectivity index (χ4v) is 3.40. The lowest BCUT2D eigenvalue weighted by Gasteiger charge is -2.12. The number of nitrogens with two attached hydrogens (primary N) is 1. The lowest BCUT2D eigenvalue weighted by Crippen LogP contribution is -2.15. The molecule has 0 aromatic heterocycles. The minimum absolute atomic E-state index is 0.225. The third-order valence-electron chi connectivity index (χ3n) is 2.88. The van der Waals surface area contributed by atoms with Crippen LogP contribution in [0.4, 0.5) is 11.4 Å². The Kier molecular flexibility index (Phi) is 3.92. The second-order valence-corrected chi connectivity index (χ2v) is 6.69. The molecule has 0 aliphatic rings. The second-order valence-electron chi connectivity index (χ2n) is 4.61. The van der Waals surface area contributed by atoms with E-state index in [1.165, 1.54) is 6.07 Å². The highest BCUT2D eigenvalue weighted by Gasteiger charge is 2.18. The largest absolute Gasteiger partial charge is 0.397 e. The minimum atomic E-state index is -3.69. The predicted molar refractivity (Wildman–Crippen MR) is 82.6 cm³/mol. The maximum Gasteiger partial charge on any atom is 0.262 e. The van der Waals surface area contributed by atoms with E-state index in [2.05, 4.69) is 4.72 Å². The Labute approximate surface area is 123 Å². The molecule has 0 heterocycles. The van der Waals surface area contributed by atoms with E-state index < -0.39 is 10.0 Å². The van der Waals surface area contributed by atoms with Crippen molar-refractivity contribution in [3.8, 4) is 0 Å². The van der Waals surface area contributed by atoms with Crippen molar-refractivity contribution >= 4 is 33.0 Å². The molecule has 0 saturated heterocycles. The van der Waals surface area contributed by atoms with Gasteiger partial charge in [-0.3, -0.25) is 4.72 Å². The quantitative estimate of drug-likeness (QED) is 0.854. The van der Waals surface area contributed by atoms with Crippen LogP contribution in [0.2, 0.25) is 5.02 Å². The van der Waals surface area contributed by atoms with Crippen LogP contribution in [0.1, 0.15) is 11.1 Å². The van der Waals surface area contributed by atoms with Gasteiger partial charge in [0, 0.05) is 5.02 Å². The van der Waals surface area contributed by atoms with E-state index in [0.29, 0.717) is 16.3 Å². The molecule has 0 aliphatic heterocycles. The smallest absolute Gasteiger partial charge is 0.262 e. The number of aryl methyl sites for hydroxylation is 2. The van der Waals surface area contributed by atoms with Crippen LogP contribution in [0, 0.1) is 13.8 Å². The first-order valence-corrected chi connectivity index (χ1v) is 7.81. The molecule has 0 bridgehead atoms. The van der Waals surface area contributed by atoms with Crippen molar-refractivity contribution < 1.29 is 8.42 Å². The number of sulfonamides is 1. The first-order chi connectivity index (χ1) is 9.29. The molecule has 3 N–H and O–H groups in total. The molecular formula is C14H15ClN2O2S. The van der Waals surface area contributed by atoms with Crippen LogP contribution in [-0.4, -0.2) is 8.42 Å². The average molecular weight is 311 g/mol. The van der Waals surface area contributed by atoms with Crippen molar-refractivity contribution in [1.82, 2.24) is 0 Å². The monoisotopic (exact) mass is 310 g/mol. The summed E-state index contributed by atoms with van der Waals surface area (Å²) < 4.78 is 27.2. The summed E-state index contributed by atoms with van der Waals surface area (Å²) in [6.07, 6.45) is 0. The highest BCUT2D eigenvalue weighted by atomic mass is 35.5. The fourth-order valence-electron chi connectivity index (χ4n) is 1.92. The van der Waals surface area contributed by atoms with Gasteiger partial charge in [0.15, 0.2) is 0 Å². The molecule has 0 unspecified atom stereocenters. The number of nitrogen functional groups attached to an aromatic ring is 1. The number of nitrogens with one attached hydrogen (secondary N) is 1. The van der Waals surface area contributed by atoms with Gasteiger partial charge in [-0.2, -0.15) is 0 Å². The summed E-state index contributed by atoms with van der Waals surface area (Å²) in [5.74, 6) is 0. The van der Waals surface area contributed by atoms with Crippen molar-refractivity contribution in [3.05, 3.63) is 52.5 Å². The molecule has 0 fully saturated rings. The van der Waals surface area contributed by atoms with Gasteiger partial charge >= 0.3 is 0 Å². The summed E-state index contributed by atoms with van der Waals surface area (Å²) in [6, 6.07) is 9.79. The second kappa shape index (κ2) is 5.34. The van der Waals surface area contributed by atoms with Gasteiger partial charge in [0.2, 0.25) is 0 Å². The lowest BCUT2D eigenvalue weighted by atomic mass is 10.2. The van der Waals surface area contributed by atoms with Crippen LogP contribution in [0.25, 0.3) is 0 Å². The number of hydrogen-bond donors (Lipinski definition) is 2. The first kappa shape index (κ1) is 14.7. The van der Waals surface area contributed by atoms with E-state index in [1.54, 1.807) is 31.2 Å². The van der Waals surface area contributed by atoms with E-state index in [0.717, 1.165) is 5.56 Å². The van der Waals surface area contributed by atoms with Crippen LogP contribution < -0.4 is 10.5 Å². The van der Waals surface area contributed by atoms with Crippen molar-refractivity contribution in [1.29, 1.82) is 0 Å². The third kappa shape index (κ3) is 3.05. The van der Waals surface area contributed by atoms with Gasteiger partial charge in [0.05, 0.1) is 16.3 Å². The Hall–Kier alpha value is -1.72. The van der Waals surface area contributed by atoms with Gasteiger partial charge in [-0.1, -0.05) is 29.3 Å². The minimum Gasteiger partial charge on any atom is -0.397 e. The molecule has 0 saturated carbocycles. The van der Waals surface area contributed by atoms with Crippen LogP contribution in [-0.2, 0) is 10.0 Å². The molecule has 0 radical (unpaired) electrons. The summed E-state index contributed by atoms with van der Waals surface area (Å²) in [4.78, 5) is 0.225. The topological polar surface area (TPSA) is 72.2 Å². The maximum absolute atomic E-state index is 12.4. The Balaban J connectivity index is 2.43. The van der Waals surface area contributed by atoms with Crippen LogP contribution in [0.15, 0.2) is 41.3 Å². The van der Waals surface area contributed by atoms with E-state index in [1.807, 2.05) is 13.0 Å². The van der Waals surface area contributed by atoms with E-state index in [9.17, 15) is 8.42 Å². The van der Waals surface area contributed by atoms with Gasteiger partial charge in [-0.25, -0.2) is 8.42 Å². The van der Waals surface area contributed by atoms with Crippen molar-refractivity contribution in [2.45, 2.75) is 18.7 Å². The summed E-state index contributed by atoms with van der Waals surface area (Å²) in [5, 5.41) is 0.414. The zero-order chi connectivity index (χ0) is 14.9. The van der Waals surface area contributed by atoms with E-state index in [-0.39, 0.29) is 10.6 Å². The Morgan fingerprint density at radius 1 is 1.10 bits per heavy atom. The third-order valence-corrected chi connectivity index (χ3v) is 4.64. The molecule has 106 valence electrons. The van der Waals surface area contributed by atoms with Crippen molar-refractivity contribution in [3.63, 3.8) is 0 Å². The fraction of sp³-hybridized carbons (Fsp3) is 0.143. The molecule has 0 aliphatic carbocycles. The standard InChI is InChI=1S/C14H15ClN2O2S/c1-9-3-6-14(10(2)7-9)20(18,19)17-13-8-11(15)4-5-12(13)16/h3-8,17H,16H2,1-2H3. The zero-order valence-electron chi connectivity index (χ0n) is 11.1. The molecule has 20 heavy (non-hydrogen) atoms. The molecule has 4 nitrogen and oxygen atoms in total. The predicted octanol–water partition coefficient (Wildman–Crippen LogP) is 3.34. The summed E-state index contributed by atoms with van der Waals surface area (Å²) in [7, 11) is -3.69. The van der Waals surface area contributed by atoms with Crippen molar-refractivity contribution in [2.75, 3.05) is 10.5 Å². The molecule has 0 atom stereocenters. The number of benzene rings is 2. The highest BCUT2D eigenvalue weighted by Crippen LogP contribution is 2.26. The van der Waals surface area contributed by atoms with Crippen LogP contribution >= 0.6 is 11.6 Å². The molecule has 2 aromatic rings. The molecule has 6 heteroatoms. The summed E-state index contributed by atoms with van der Waals surface area (Å²) >= 11 is 5.85. The molecule has 0 spiro atoms. The Morgan fingerprint density at radius 2 is 1.80 bits per heavy atom. The number of halogens is 1. The van der Waals surface area contributed by atoms with Crippen molar-refractivity contribution in [2.24, 2.45) is 0 Å². The normalized spacial score (nSPS) is 11.3. The molecular weight excluding hydrogens is 296 g/mol. The lowest BCUT2D eigenvalue weighted by molar-refractivity contribution is 0.600. The van der Waals surface area contributed by atoms with E-state index >= 15 is 0 Å². The summed E-state index contributed by atoms with van der Waals surface area (Å²) in [5.41, 5.74) is 8.03. The van der Waals surface area contributed by atoms with Gasteiger partial charge in [-0.15, -0.1) is 0 Å². The zero-order valence-corrected chi connectivity index (χ0v) is 12.7. The SMILES string of the molecule is Cc1ccc(S(=O)(=O)Nc2cc(Cl)ccc2N)c(C)c1. The molecule has 2 rings (SSSR count). The molecule has 0 amide bonds. The van der Waals surface area contributed by atoms with Crippen LogP contribution in [0.3, 0.4) is 0 Å². The maximum atomic E-state index is 12.4. The Morgan fingerprint density at radius 3 is 2.45 bits per heavy atom. The van der Waals surface area contributed by atoms with E-state index in [4.69, 9.17) is 17.3 Å². The number of anilines is 2. The number of rotatable bonds is 3. The van der Waals surface area contributed by atoms with Gasteiger partial charge < -0.3 is 5.73 Å². The van der Waals surface area contributed by atoms with Crippen LogP contribution in [0.5, 0.6) is 0 Å². The molecule has 2 aromatic carbocycles. The highest BCUT2D eigenvalue weighted by molar-refractivity contribution is 7.92. The average Bonchev–Trinajstić information content (AvgIpc) is 2.33. The van der Waals surface area contributed by atoms with Gasteiger partial charge in [-0.05, 0) is 43.7 Å². The summed E-state index contributed by atoms with van der Waals surface area (Å²) in [6.45, 7) is 3.66. The van der Waals surface area contributed by atoms with Gasteiger partial charge in [0.25, 0.3) is 10.0 Å².